The van der Waals surface area contributed by atoms with Crippen LogP contribution < -0.4 is 0 Å². The van der Waals surface area contributed by atoms with Crippen molar-refractivity contribution >= 4 is 0 Å². The van der Waals surface area contributed by atoms with E-state index in [9.17, 15) is 0 Å². The van der Waals surface area contributed by atoms with Crippen molar-refractivity contribution in [3.8, 4) is 11.3 Å². The first kappa shape index (κ1) is 11.9. The zero-order valence-corrected chi connectivity index (χ0v) is 9.19. The van der Waals surface area contributed by atoms with Crippen LogP contribution in [0.4, 0.5) is 3.55 Å². The minimum absolute atomic E-state index is 1.04. The molecular formula is C12H11CuFN. The van der Waals surface area contributed by atoms with E-state index in [1.807, 2.05) is 43.3 Å². The average molecular weight is 252 g/mol. The van der Waals surface area contributed by atoms with Gasteiger partial charge in [-0.3, -0.25) is 4.98 Å². The van der Waals surface area contributed by atoms with E-state index in [1.54, 1.807) is 0 Å². The fourth-order valence-corrected chi connectivity index (χ4v) is 1.31. The number of benzene rings is 1. The molecule has 0 aliphatic carbocycles. The van der Waals surface area contributed by atoms with E-state index in [0.29, 0.717) is 0 Å². The maximum absolute atomic E-state index is 9.06. The molecule has 0 atom stereocenters. The quantitative estimate of drug-likeness (QED) is 0.708. The summed E-state index contributed by atoms with van der Waals surface area (Å²) in [7, 11) is 0. The fraction of sp³-hybridized carbons (Fsp3) is 0.0833. The van der Waals surface area contributed by atoms with Crippen molar-refractivity contribution in [3.63, 3.8) is 0 Å². The first-order valence-electron chi connectivity index (χ1n) is 4.47. The average Bonchev–Trinajstić information content (AvgIpc) is 2.33. The summed E-state index contributed by atoms with van der Waals surface area (Å²) >= 11 is 2.69. The molecule has 0 radical (unpaired) electrons. The van der Waals surface area contributed by atoms with Crippen molar-refractivity contribution in [2.75, 3.05) is 0 Å². The van der Waals surface area contributed by atoms with Gasteiger partial charge in [-0.1, -0.05) is 36.4 Å². The predicted molar refractivity (Wildman–Crippen MR) is 55.5 cm³/mol. The molecule has 3 heteroatoms. The number of rotatable bonds is 1. The molecule has 82 valence electrons. The molecule has 0 saturated carbocycles. The van der Waals surface area contributed by atoms with E-state index < -0.39 is 0 Å². The first-order chi connectivity index (χ1) is 7.36. The van der Waals surface area contributed by atoms with Crippen LogP contribution in [0.3, 0.4) is 0 Å². The van der Waals surface area contributed by atoms with Gasteiger partial charge in [-0.25, -0.2) is 0 Å². The number of hydrogen-bond acceptors (Lipinski definition) is 1. The van der Waals surface area contributed by atoms with Crippen LogP contribution in [0.5, 0.6) is 0 Å². The van der Waals surface area contributed by atoms with Gasteiger partial charge in [-0.2, -0.15) is 0 Å². The maximum atomic E-state index is 9.06. The Morgan fingerprint density at radius 3 is 2.20 bits per heavy atom. The number of aryl methyl sites for hydroxylation is 1. The Kier molecular flexibility index (Phi) is 5.02. The fourth-order valence-electron chi connectivity index (χ4n) is 1.31. The molecule has 0 aliphatic heterocycles. The van der Waals surface area contributed by atoms with Gasteiger partial charge in [0.2, 0.25) is 0 Å². The molecule has 0 N–H and O–H groups in total. The normalized spacial score (nSPS) is 9.07. The van der Waals surface area contributed by atoms with Gasteiger partial charge >= 0.3 is 20.0 Å². The summed E-state index contributed by atoms with van der Waals surface area (Å²) in [6.07, 6.45) is 0. The summed E-state index contributed by atoms with van der Waals surface area (Å²) in [4.78, 5) is 4.44. The SMILES string of the molecule is Cc1cccc(-c2ccccc2)n1.[F][Cu]. The molecule has 2 rings (SSSR count). The number of aromatic nitrogens is 1. The minimum atomic E-state index is 1.04. The molecule has 1 heterocycles. The molecule has 2 aromatic rings. The van der Waals surface area contributed by atoms with Gasteiger partial charge < -0.3 is 0 Å². The van der Waals surface area contributed by atoms with Crippen LogP contribution in [0.2, 0.25) is 0 Å². The number of nitrogens with zero attached hydrogens (tertiary/aromatic N) is 1. The Bertz CT molecular complexity index is 403. The summed E-state index contributed by atoms with van der Waals surface area (Å²) in [5.74, 6) is 0. The van der Waals surface area contributed by atoms with Crippen molar-refractivity contribution in [3.05, 3.63) is 54.2 Å². The van der Waals surface area contributed by atoms with E-state index in [1.165, 1.54) is 5.56 Å². The Hall–Kier alpha value is -1.18. The molecule has 0 amide bonds. The molecule has 1 nitrogen and oxygen atoms in total. The van der Waals surface area contributed by atoms with Crippen molar-refractivity contribution in [2.24, 2.45) is 0 Å². The van der Waals surface area contributed by atoms with Crippen LogP contribution in [0, 0.1) is 6.92 Å². The monoisotopic (exact) mass is 251 g/mol. The number of pyridine rings is 1. The van der Waals surface area contributed by atoms with Gasteiger partial charge in [-0.15, -0.1) is 0 Å². The van der Waals surface area contributed by atoms with Crippen molar-refractivity contribution in [1.29, 1.82) is 0 Å². The summed E-state index contributed by atoms with van der Waals surface area (Å²) in [5.41, 5.74) is 3.27. The topological polar surface area (TPSA) is 12.9 Å². The Morgan fingerprint density at radius 1 is 0.933 bits per heavy atom. The number of hydrogen-bond donors (Lipinski definition) is 0. The van der Waals surface area contributed by atoms with E-state index in [4.69, 9.17) is 3.55 Å². The van der Waals surface area contributed by atoms with Crippen molar-refractivity contribution in [1.82, 2.24) is 4.98 Å². The third-order valence-corrected chi connectivity index (χ3v) is 1.96. The standard InChI is InChI=1S/C12H11N.Cu.FH/c1-10-6-5-9-12(13-10)11-7-3-2-4-8-11;;/h2-9H,1H3;;1H/q;+1;/p-1. The van der Waals surface area contributed by atoms with E-state index in [-0.39, 0.29) is 0 Å². The molecular weight excluding hydrogens is 241 g/mol. The van der Waals surface area contributed by atoms with E-state index in [2.05, 4.69) is 33.6 Å². The van der Waals surface area contributed by atoms with Crippen LogP contribution in [0.15, 0.2) is 48.5 Å². The summed E-state index contributed by atoms with van der Waals surface area (Å²) in [6, 6.07) is 16.3. The van der Waals surface area contributed by atoms with Gasteiger partial charge in [-0.05, 0) is 19.1 Å². The van der Waals surface area contributed by atoms with Gasteiger partial charge in [0, 0.05) is 11.3 Å². The second-order valence-electron chi connectivity index (χ2n) is 3.03. The molecule has 0 aliphatic rings. The first-order valence-corrected chi connectivity index (χ1v) is 4.82. The van der Waals surface area contributed by atoms with E-state index >= 15 is 0 Å². The molecule has 0 spiro atoms. The van der Waals surface area contributed by atoms with Gasteiger partial charge in [0.05, 0.1) is 5.69 Å². The van der Waals surface area contributed by atoms with Gasteiger partial charge in [0.25, 0.3) is 0 Å². The molecule has 1 aromatic heterocycles. The van der Waals surface area contributed by atoms with Crippen LogP contribution in [0.25, 0.3) is 11.3 Å². The Labute approximate surface area is 97.6 Å². The van der Waals surface area contributed by atoms with Crippen molar-refractivity contribution < 1.29 is 20.0 Å². The second-order valence-corrected chi connectivity index (χ2v) is 3.03. The third-order valence-electron chi connectivity index (χ3n) is 1.96. The van der Waals surface area contributed by atoms with Crippen LogP contribution >= 0.6 is 0 Å². The molecule has 0 unspecified atom stereocenters. The summed E-state index contributed by atoms with van der Waals surface area (Å²) < 4.78 is 9.06. The predicted octanol–water partition coefficient (Wildman–Crippen LogP) is 3.47. The summed E-state index contributed by atoms with van der Waals surface area (Å²) in [6.45, 7) is 2.01. The van der Waals surface area contributed by atoms with Crippen molar-refractivity contribution in [2.45, 2.75) is 6.92 Å². The van der Waals surface area contributed by atoms with Crippen LogP contribution in [0.1, 0.15) is 5.69 Å². The Balaban J connectivity index is 0.000000531. The van der Waals surface area contributed by atoms with Crippen LogP contribution in [-0.4, -0.2) is 4.98 Å². The zero-order valence-electron chi connectivity index (χ0n) is 8.25. The van der Waals surface area contributed by atoms with Crippen LogP contribution in [-0.2, 0) is 16.5 Å². The zero-order chi connectivity index (χ0) is 11.1. The van der Waals surface area contributed by atoms with Gasteiger partial charge in [0.15, 0.2) is 0 Å². The molecule has 1 aromatic carbocycles. The second kappa shape index (κ2) is 6.33. The van der Waals surface area contributed by atoms with Gasteiger partial charge in [0.1, 0.15) is 0 Å². The Morgan fingerprint density at radius 2 is 1.60 bits per heavy atom. The molecule has 0 fully saturated rings. The molecule has 0 bridgehead atoms. The molecule has 15 heavy (non-hydrogen) atoms. The number of halogens is 1. The third kappa shape index (κ3) is 3.46. The van der Waals surface area contributed by atoms with E-state index in [0.717, 1.165) is 11.4 Å². The summed E-state index contributed by atoms with van der Waals surface area (Å²) in [5, 5.41) is 0. The molecule has 0 saturated heterocycles.